The molecule has 6 heavy (non-hydrogen) atoms. The Hall–Kier alpha value is 0.945. The summed E-state index contributed by atoms with van der Waals surface area (Å²) in [6.45, 7) is 0. The van der Waals surface area contributed by atoms with E-state index in [0.29, 0.717) is 0 Å². The summed E-state index contributed by atoms with van der Waals surface area (Å²) in [5.41, 5.74) is 0. The fraction of sp³-hybridized carbons (Fsp3) is 0. The number of carboxylic acid groups (broad SMARTS) is 1. The van der Waals surface area contributed by atoms with Crippen LogP contribution in [0.4, 0.5) is 0 Å². The van der Waals surface area contributed by atoms with Gasteiger partial charge in [0.1, 0.15) is 5.97 Å². The van der Waals surface area contributed by atoms with Gasteiger partial charge in [-0.3, -0.25) is 4.79 Å². The van der Waals surface area contributed by atoms with E-state index in [-0.39, 0.29) is 64.5 Å². The minimum absolute atomic E-state index is 0. The molecular formula is C2HO3Rb. The number of rotatable bonds is 1. The average Bonchev–Trinajstić information content (AvgIpc) is 1.38. The molecule has 0 aliphatic carbocycles. The third-order valence-corrected chi connectivity index (χ3v) is 0.0962. The van der Waals surface area contributed by atoms with E-state index in [9.17, 15) is 0 Å². The van der Waals surface area contributed by atoms with Crippen molar-refractivity contribution in [3.63, 3.8) is 0 Å². The van der Waals surface area contributed by atoms with Gasteiger partial charge in [0, 0.05) is 0 Å². The fourth-order valence-corrected chi connectivity index (χ4v) is 0. The number of carbonyl (C=O) groups is 2. The van der Waals surface area contributed by atoms with Gasteiger partial charge in [0.2, 0.25) is 0 Å². The van der Waals surface area contributed by atoms with Gasteiger partial charge in [0.15, 0.2) is 6.29 Å². The van der Waals surface area contributed by atoms with E-state index in [1.165, 1.54) is 0 Å². The summed E-state index contributed by atoms with van der Waals surface area (Å²) >= 11 is 0. The Kier molecular flexibility index (Phi) is 9.95. The molecule has 0 radical (unpaired) electrons. The first-order valence-electron chi connectivity index (χ1n) is 0.933. The molecule has 0 bridgehead atoms. The van der Waals surface area contributed by atoms with Crippen molar-refractivity contribution >= 4 is 12.3 Å². The number of carbonyl (C=O) groups excluding carboxylic acids is 2. The predicted molar refractivity (Wildman–Crippen MR) is 11.1 cm³/mol. The molecule has 0 aromatic carbocycles. The molecule has 0 amide bonds. The molecule has 0 heterocycles. The van der Waals surface area contributed by atoms with Crippen LogP contribution in [0.3, 0.4) is 0 Å². The van der Waals surface area contributed by atoms with Gasteiger partial charge in [0.25, 0.3) is 0 Å². The number of aldehydes is 1. The van der Waals surface area contributed by atoms with Crippen LogP contribution < -0.4 is 63.3 Å². The van der Waals surface area contributed by atoms with Crippen molar-refractivity contribution in [2.24, 2.45) is 0 Å². The Morgan fingerprint density at radius 2 is 1.83 bits per heavy atom. The topological polar surface area (TPSA) is 57.2 Å². The summed E-state index contributed by atoms with van der Waals surface area (Å²) in [6.07, 6.45) is -0.278. The summed E-state index contributed by atoms with van der Waals surface area (Å²) in [5, 5.41) is 8.89. The third-order valence-electron chi connectivity index (χ3n) is 0.0962. The summed E-state index contributed by atoms with van der Waals surface area (Å²) in [7, 11) is 0. The largest absolute Gasteiger partial charge is 1.00 e. The van der Waals surface area contributed by atoms with Crippen LogP contribution in [0.2, 0.25) is 0 Å². The van der Waals surface area contributed by atoms with E-state index >= 15 is 0 Å². The molecule has 0 spiro atoms. The van der Waals surface area contributed by atoms with Crippen molar-refractivity contribution in [1.82, 2.24) is 0 Å². The second-order valence-corrected chi connectivity index (χ2v) is 0.437. The Morgan fingerprint density at radius 3 is 1.83 bits per heavy atom. The monoisotopic (exact) mass is 158 g/mol. The van der Waals surface area contributed by atoms with E-state index in [1.54, 1.807) is 0 Å². The van der Waals surface area contributed by atoms with Crippen LogP contribution in [0.25, 0.3) is 0 Å². The van der Waals surface area contributed by atoms with Crippen molar-refractivity contribution in [2.45, 2.75) is 0 Å². The molecule has 0 fully saturated rings. The maximum Gasteiger partial charge on any atom is 1.00 e. The van der Waals surface area contributed by atoms with Crippen molar-refractivity contribution in [2.75, 3.05) is 0 Å². The number of aliphatic carboxylic acids is 1. The summed E-state index contributed by atoms with van der Waals surface area (Å²) in [6, 6.07) is 0. The zero-order chi connectivity index (χ0) is 4.28. The Balaban J connectivity index is 0. The van der Waals surface area contributed by atoms with Gasteiger partial charge >= 0.3 is 58.2 Å². The predicted octanol–water partition coefficient (Wildman–Crippen LogP) is -5.06. The fourth-order valence-electron chi connectivity index (χ4n) is 0. The molecule has 28 valence electrons. The van der Waals surface area contributed by atoms with Crippen molar-refractivity contribution in [3.8, 4) is 0 Å². The van der Waals surface area contributed by atoms with E-state index in [0.717, 1.165) is 0 Å². The third kappa shape index (κ3) is 8.87. The molecule has 0 saturated carbocycles. The van der Waals surface area contributed by atoms with E-state index in [4.69, 9.17) is 14.7 Å². The number of hydrogen-bond donors (Lipinski definition) is 0. The quantitative estimate of drug-likeness (QED) is 0.284. The molecule has 0 aliphatic heterocycles. The maximum absolute atomic E-state index is 8.89. The zero-order valence-electron chi connectivity index (χ0n) is 3.30. The summed E-state index contributed by atoms with van der Waals surface area (Å²) < 4.78 is 0. The molecule has 0 unspecified atom stereocenters. The van der Waals surface area contributed by atoms with Crippen LogP contribution in [0.1, 0.15) is 0 Å². The van der Waals surface area contributed by atoms with Gasteiger partial charge in [-0.25, -0.2) is 0 Å². The van der Waals surface area contributed by atoms with Gasteiger partial charge in [-0.2, -0.15) is 0 Å². The molecule has 0 N–H and O–H groups in total. The molecule has 0 aliphatic rings. The molecule has 3 nitrogen and oxygen atoms in total. The van der Waals surface area contributed by atoms with Gasteiger partial charge < -0.3 is 9.90 Å². The second kappa shape index (κ2) is 5.95. The van der Waals surface area contributed by atoms with Crippen LogP contribution in [-0.2, 0) is 9.59 Å². The molecule has 0 aromatic rings. The van der Waals surface area contributed by atoms with E-state index in [2.05, 4.69) is 0 Å². The first kappa shape index (κ1) is 10.0. The first-order chi connectivity index (χ1) is 2.27. The van der Waals surface area contributed by atoms with E-state index in [1.807, 2.05) is 0 Å². The molecule has 4 heteroatoms. The summed E-state index contributed by atoms with van der Waals surface area (Å²) in [4.78, 5) is 17.7. The Morgan fingerprint density at radius 1 is 1.67 bits per heavy atom. The first-order valence-corrected chi connectivity index (χ1v) is 0.933. The van der Waals surface area contributed by atoms with Crippen LogP contribution >= 0.6 is 0 Å². The zero-order valence-corrected chi connectivity index (χ0v) is 8.22. The van der Waals surface area contributed by atoms with Crippen LogP contribution in [0.15, 0.2) is 0 Å². The van der Waals surface area contributed by atoms with Gasteiger partial charge in [-0.15, -0.1) is 0 Å². The minimum atomic E-state index is -1.68. The molecule has 0 atom stereocenters. The SMILES string of the molecule is O=CC(=O)[O-].[Rb+]. The van der Waals surface area contributed by atoms with Gasteiger partial charge in [0.05, 0.1) is 0 Å². The molecule has 0 rings (SSSR count). The van der Waals surface area contributed by atoms with Crippen molar-refractivity contribution in [3.05, 3.63) is 0 Å². The molecule has 0 aromatic heterocycles. The number of carboxylic acids is 1. The number of hydrogen-bond acceptors (Lipinski definition) is 3. The normalized spacial score (nSPS) is 5.33. The van der Waals surface area contributed by atoms with Gasteiger partial charge in [-0.05, 0) is 0 Å². The average molecular weight is 158 g/mol. The van der Waals surface area contributed by atoms with Crippen molar-refractivity contribution < 1.29 is 72.9 Å². The minimum Gasteiger partial charge on any atom is -0.542 e. The Labute approximate surface area is 83.5 Å². The van der Waals surface area contributed by atoms with Crippen LogP contribution in [0, 0.1) is 0 Å². The van der Waals surface area contributed by atoms with Crippen molar-refractivity contribution in [1.29, 1.82) is 0 Å². The second-order valence-electron chi connectivity index (χ2n) is 0.437. The summed E-state index contributed by atoms with van der Waals surface area (Å²) in [5.74, 6) is -1.68. The smallest absolute Gasteiger partial charge is 0.542 e. The van der Waals surface area contributed by atoms with Crippen LogP contribution in [0.5, 0.6) is 0 Å². The Bertz CT molecular complexity index is 59.8. The van der Waals surface area contributed by atoms with Gasteiger partial charge in [-0.1, -0.05) is 0 Å². The molecule has 0 saturated heterocycles. The van der Waals surface area contributed by atoms with Crippen LogP contribution in [-0.4, -0.2) is 12.3 Å². The van der Waals surface area contributed by atoms with E-state index < -0.39 is 5.97 Å². The maximum atomic E-state index is 8.89. The standard InChI is InChI=1S/C2H2O3.Rb/c3-1-2(4)5;/h1H,(H,4,5);/q;+1/p-1. The molecular weight excluding hydrogens is 157 g/mol.